The first-order valence-corrected chi connectivity index (χ1v) is 7.96. The minimum Gasteiger partial charge on any atom is -0.274 e. The fourth-order valence-electron chi connectivity index (χ4n) is 3.52. The van der Waals surface area contributed by atoms with Gasteiger partial charge in [0.25, 0.3) is 0 Å². The zero-order valence-corrected chi connectivity index (χ0v) is 13.2. The van der Waals surface area contributed by atoms with Crippen molar-refractivity contribution >= 4 is 33.4 Å². The number of carbonyl (C=O) groups is 2. The van der Waals surface area contributed by atoms with Crippen molar-refractivity contribution in [1.82, 2.24) is 0 Å². The molecule has 106 valence electrons. The molecule has 0 N–H and O–H groups in total. The molecule has 1 aromatic carbocycles. The van der Waals surface area contributed by atoms with Crippen molar-refractivity contribution in [1.29, 1.82) is 0 Å². The third-order valence-corrected chi connectivity index (χ3v) is 4.95. The Bertz CT molecular complexity index is 556. The Morgan fingerprint density at radius 2 is 1.80 bits per heavy atom. The number of aryl methyl sites for hydroxylation is 1. The zero-order valence-electron chi connectivity index (χ0n) is 11.6. The van der Waals surface area contributed by atoms with E-state index in [9.17, 15) is 9.59 Å². The second-order valence-corrected chi connectivity index (χ2v) is 6.95. The van der Waals surface area contributed by atoms with Crippen LogP contribution in [0.4, 0.5) is 5.69 Å². The summed E-state index contributed by atoms with van der Waals surface area (Å²) in [4.78, 5) is 26.6. The van der Waals surface area contributed by atoms with Gasteiger partial charge in [0, 0.05) is 10.9 Å². The lowest BCUT2D eigenvalue weighted by molar-refractivity contribution is -0.127. The first kappa shape index (κ1) is 13.8. The van der Waals surface area contributed by atoms with Crippen LogP contribution in [0.3, 0.4) is 0 Å². The smallest absolute Gasteiger partial charge is 0.240 e. The van der Waals surface area contributed by atoms with E-state index in [-0.39, 0.29) is 11.8 Å². The molecule has 1 aromatic rings. The van der Waals surface area contributed by atoms with Crippen LogP contribution in [0.2, 0.25) is 0 Å². The van der Waals surface area contributed by atoms with Gasteiger partial charge in [-0.3, -0.25) is 14.5 Å². The standard InChI is InChI=1S/C16H18BrNO2/c1-11-7-12(17)9-13(8-11)18-14(19)10-16(15(18)20)5-3-2-4-6-16/h7-9H,2-6,10H2,1H3. The van der Waals surface area contributed by atoms with Crippen LogP contribution in [0.5, 0.6) is 0 Å². The van der Waals surface area contributed by atoms with Gasteiger partial charge in [0.2, 0.25) is 11.8 Å². The summed E-state index contributed by atoms with van der Waals surface area (Å²) in [5.74, 6) is -0.0332. The predicted octanol–water partition coefficient (Wildman–Crippen LogP) is 3.97. The topological polar surface area (TPSA) is 37.4 Å². The summed E-state index contributed by atoms with van der Waals surface area (Å²) in [5, 5.41) is 0. The maximum absolute atomic E-state index is 12.8. The normalized spacial score (nSPS) is 21.8. The monoisotopic (exact) mass is 335 g/mol. The maximum atomic E-state index is 12.8. The van der Waals surface area contributed by atoms with Crippen LogP contribution in [-0.4, -0.2) is 11.8 Å². The minimum absolute atomic E-state index is 0.0136. The molecule has 3 rings (SSSR count). The van der Waals surface area contributed by atoms with Crippen LogP contribution in [0.1, 0.15) is 44.1 Å². The summed E-state index contributed by atoms with van der Waals surface area (Å²) < 4.78 is 0.901. The van der Waals surface area contributed by atoms with E-state index in [1.807, 2.05) is 25.1 Å². The Morgan fingerprint density at radius 3 is 2.45 bits per heavy atom. The number of nitrogens with zero attached hydrogens (tertiary/aromatic N) is 1. The van der Waals surface area contributed by atoms with Crippen molar-refractivity contribution in [2.45, 2.75) is 45.4 Å². The number of halogens is 1. The second-order valence-electron chi connectivity index (χ2n) is 6.04. The molecule has 2 fully saturated rings. The molecule has 0 bridgehead atoms. The summed E-state index contributed by atoms with van der Waals surface area (Å²) in [6, 6.07) is 5.73. The molecule has 20 heavy (non-hydrogen) atoms. The number of hydrogen-bond donors (Lipinski definition) is 0. The highest BCUT2D eigenvalue weighted by Gasteiger charge is 2.51. The number of amides is 2. The molecule has 0 atom stereocenters. The molecular formula is C16H18BrNO2. The van der Waals surface area contributed by atoms with Crippen molar-refractivity contribution in [2.75, 3.05) is 4.90 Å². The van der Waals surface area contributed by atoms with E-state index >= 15 is 0 Å². The lowest BCUT2D eigenvalue weighted by Gasteiger charge is -2.30. The van der Waals surface area contributed by atoms with Gasteiger partial charge < -0.3 is 0 Å². The second kappa shape index (κ2) is 4.99. The van der Waals surface area contributed by atoms with Gasteiger partial charge in [0.05, 0.1) is 11.1 Å². The van der Waals surface area contributed by atoms with E-state index in [0.29, 0.717) is 12.1 Å². The van der Waals surface area contributed by atoms with Crippen LogP contribution in [-0.2, 0) is 9.59 Å². The molecule has 1 aliphatic carbocycles. The van der Waals surface area contributed by atoms with E-state index < -0.39 is 5.41 Å². The molecule has 3 nitrogen and oxygen atoms in total. The van der Waals surface area contributed by atoms with Gasteiger partial charge in [-0.1, -0.05) is 35.2 Å². The Hall–Kier alpha value is -1.16. The van der Waals surface area contributed by atoms with Crippen molar-refractivity contribution in [2.24, 2.45) is 5.41 Å². The van der Waals surface area contributed by atoms with Gasteiger partial charge >= 0.3 is 0 Å². The Labute approximate surface area is 127 Å². The fourth-order valence-corrected chi connectivity index (χ4v) is 4.12. The van der Waals surface area contributed by atoms with Gasteiger partial charge in [-0.2, -0.15) is 0 Å². The van der Waals surface area contributed by atoms with Crippen LogP contribution in [0, 0.1) is 12.3 Å². The summed E-state index contributed by atoms with van der Waals surface area (Å²) in [5.41, 5.74) is 1.33. The van der Waals surface area contributed by atoms with Crippen LogP contribution in [0.25, 0.3) is 0 Å². The summed E-state index contributed by atoms with van der Waals surface area (Å²) >= 11 is 3.44. The largest absolute Gasteiger partial charge is 0.274 e. The molecule has 1 saturated heterocycles. The number of benzene rings is 1. The van der Waals surface area contributed by atoms with Crippen LogP contribution in [0.15, 0.2) is 22.7 Å². The van der Waals surface area contributed by atoms with Gasteiger partial charge in [-0.15, -0.1) is 0 Å². The third kappa shape index (κ3) is 2.20. The summed E-state index contributed by atoms with van der Waals surface area (Å²) in [6.45, 7) is 1.97. The van der Waals surface area contributed by atoms with E-state index in [1.54, 1.807) is 0 Å². The quantitative estimate of drug-likeness (QED) is 0.728. The van der Waals surface area contributed by atoms with Crippen LogP contribution >= 0.6 is 15.9 Å². The first-order chi connectivity index (χ1) is 9.52. The number of imide groups is 1. The number of anilines is 1. The molecule has 0 aromatic heterocycles. The SMILES string of the molecule is Cc1cc(Br)cc(N2C(=O)CC3(CCCCC3)C2=O)c1. The molecule has 1 aliphatic heterocycles. The minimum atomic E-state index is -0.411. The number of carbonyl (C=O) groups excluding carboxylic acids is 2. The molecule has 1 saturated carbocycles. The van der Waals surface area contributed by atoms with Gasteiger partial charge in [-0.05, 0) is 43.5 Å². The molecule has 2 amide bonds. The van der Waals surface area contributed by atoms with E-state index in [4.69, 9.17) is 0 Å². The summed E-state index contributed by atoms with van der Waals surface area (Å²) in [7, 11) is 0. The molecule has 0 radical (unpaired) electrons. The van der Waals surface area contributed by atoms with Gasteiger partial charge in [-0.25, -0.2) is 0 Å². The summed E-state index contributed by atoms with van der Waals surface area (Å²) in [6.07, 6.45) is 5.41. The average molecular weight is 336 g/mol. The highest BCUT2D eigenvalue weighted by molar-refractivity contribution is 9.10. The molecular weight excluding hydrogens is 318 g/mol. The van der Waals surface area contributed by atoms with Crippen molar-refractivity contribution in [3.8, 4) is 0 Å². The predicted molar refractivity (Wildman–Crippen MR) is 81.5 cm³/mol. The van der Waals surface area contributed by atoms with Gasteiger partial charge in [0.1, 0.15) is 0 Å². The molecule has 1 spiro atoms. The fraction of sp³-hybridized carbons (Fsp3) is 0.500. The van der Waals surface area contributed by atoms with E-state index in [0.717, 1.165) is 35.7 Å². The van der Waals surface area contributed by atoms with E-state index in [1.165, 1.54) is 11.3 Å². The lowest BCUT2D eigenvalue weighted by atomic mass is 9.73. The molecule has 4 heteroatoms. The number of hydrogen-bond acceptors (Lipinski definition) is 2. The highest BCUT2D eigenvalue weighted by atomic mass is 79.9. The lowest BCUT2D eigenvalue weighted by Crippen LogP contribution is -2.37. The highest BCUT2D eigenvalue weighted by Crippen LogP contribution is 2.46. The maximum Gasteiger partial charge on any atom is 0.240 e. The first-order valence-electron chi connectivity index (χ1n) is 7.16. The van der Waals surface area contributed by atoms with Crippen molar-refractivity contribution < 1.29 is 9.59 Å². The van der Waals surface area contributed by atoms with Gasteiger partial charge in [0.15, 0.2) is 0 Å². The number of rotatable bonds is 1. The molecule has 1 heterocycles. The van der Waals surface area contributed by atoms with E-state index in [2.05, 4.69) is 15.9 Å². The molecule has 0 unspecified atom stereocenters. The van der Waals surface area contributed by atoms with Crippen molar-refractivity contribution in [3.05, 3.63) is 28.2 Å². The average Bonchev–Trinajstić information content (AvgIpc) is 2.60. The molecule has 2 aliphatic rings. The Kier molecular flexibility index (Phi) is 3.44. The Morgan fingerprint density at radius 1 is 1.10 bits per heavy atom. The Balaban J connectivity index is 1.98. The zero-order chi connectivity index (χ0) is 14.3. The van der Waals surface area contributed by atoms with Crippen molar-refractivity contribution in [3.63, 3.8) is 0 Å². The third-order valence-electron chi connectivity index (χ3n) is 4.49. The van der Waals surface area contributed by atoms with Crippen LogP contribution < -0.4 is 4.90 Å².